The van der Waals surface area contributed by atoms with Gasteiger partial charge in [-0.25, -0.2) is 0 Å². The molecule has 0 radical (unpaired) electrons. The normalized spacial score (nSPS) is 19.6. The van der Waals surface area contributed by atoms with Gasteiger partial charge >= 0.3 is 0 Å². The van der Waals surface area contributed by atoms with Gasteiger partial charge < -0.3 is 0 Å². The summed E-state index contributed by atoms with van der Waals surface area (Å²) >= 11 is 0. The van der Waals surface area contributed by atoms with Gasteiger partial charge in [0.1, 0.15) is 0 Å². The first-order valence-electron chi connectivity index (χ1n) is 6.10. The van der Waals surface area contributed by atoms with Crippen molar-refractivity contribution in [1.82, 2.24) is 0 Å². The standard InChI is InChI=1S/C17H14O4/c1-4-15(19)11-7-12(16(20)5-2)9-14(18)10-13(8-11)17(21)6-3/h4-9H,1-3,10H2/b11-7+,12-9+,13-8?. The summed E-state index contributed by atoms with van der Waals surface area (Å²) in [6.07, 6.45) is 6.61. The van der Waals surface area contributed by atoms with Gasteiger partial charge in [0.05, 0.1) is 0 Å². The van der Waals surface area contributed by atoms with Gasteiger partial charge in [-0.1, -0.05) is 19.7 Å². The Morgan fingerprint density at radius 3 is 1.76 bits per heavy atom. The van der Waals surface area contributed by atoms with E-state index in [0.717, 1.165) is 24.3 Å². The van der Waals surface area contributed by atoms with Crippen LogP contribution in [0.1, 0.15) is 6.42 Å². The van der Waals surface area contributed by atoms with E-state index in [1.807, 2.05) is 0 Å². The third-order valence-corrected chi connectivity index (χ3v) is 2.76. The van der Waals surface area contributed by atoms with Crippen molar-refractivity contribution in [3.63, 3.8) is 0 Å². The maximum Gasteiger partial charge on any atom is 0.185 e. The number of carbonyl (C=O) groups excluding carboxylic acids is 4. The number of hydrogen-bond donors (Lipinski definition) is 0. The van der Waals surface area contributed by atoms with Crippen LogP contribution in [0.2, 0.25) is 0 Å². The second-order valence-corrected chi connectivity index (χ2v) is 4.22. The molecule has 0 spiro atoms. The van der Waals surface area contributed by atoms with Crippen LogP contribution < -0.4 is 0 Å². The number of ketones is 4. The maximum atomic E-state index is 11.8. The molecule has 0 aromatic carbocycles. The zero-order chi connectivity index (χ0) is 16.0. The summed E-state index contributed by atoms with van der Waals surface area (Å²) in [5, 5.41) is 0. The number of allylic oxidation sites excluding steroid dienone is 9. The van der Waals surface area contributed by atoms with Gasteiger partial charge in [0.2, 0.25) is 0 Å². The van der Waals surface area contributed by atoms with Gasteiger partial charge in [0.25, 0.3) is 0 Å². The van der Waals surface area contributed by atoms with Crippen LogP contribution in [0, 0.1) is 0 Å². The van der Waals surface area contributed by atoms with Crippen LogP contribution in [0.25, 0.3) is 0 Å². The summed E-state index contributed by atoms with van der Waals surface area (Å²) in [5.41, 5.74) is 0.281. The van der Waals surface area contributed by atoms with Crippen molar-refractivity contribution < 1.29 is 19.2 Å². The molecule has 0 saturated carbocycles. The van der Waals surface area contributed by atoms with Crippen LogP contribution >= 0.6 is 0 Å². The molecule has 0 unspecified atom stereocenters. The second-order valence-electron chi connectivity index (χ2n) is 4.22. The molecule has 0 atom stereocenters. The van der Waals surface area contributed by atoms with Gasteiger partial charge in [-0.2, -0.15) is 0 Å². The molecular weight excluding hydrogens is 268 g/mol. The minimum atomic E-state index is -0.482. The Bertz CT molecular complexity index is 654. The van der Waals surface area contributed by atoms with Crippen molar-refractivity contribution in [3.05, 3.63) is 72.9 Å². The summed E-state index contributed by atoms with van der Waals surface area (Å²) in [6.45, 7) is 10.1. The Kier molecular flexibility index (Phi) is 5.43. The largest absolute Gasteiger partial charge is 0.294 e. The Hall–Kier alpha value is -2.88. The molecule has 4 nitrogen and oxygen atoms in total. The monoisotopic (exact) mass is 282 g/mol. The molecule has 1 aliphatic rings. The molecule has 0 fully saturated rings. The molecule has 1 aliphatic carbocycles. The predicted molar refractivity (Wildman–Crippen MR) is 79.5 cm³/mol. The lowest BCUT2D eigenvalue weighted by atomic mass is 9.93. The van der Waals surface area contributed by atoms with Gasteiger partial charge in [-0.15, -0.1) is 0 Å². The van der Waals surface area contributed by atoms with Crippen molar-refractivity contribution >= 4 is 23.1 Å². The van der Waals surface area contributed by atoms with Crippen LogP contribution in [0.5, 0.6) is 0 Å². The molecule has 0 bridgehead atoms. The van der Waals surface area contributed by atoms with E-state index in [1.54, 1.807) is 0 Å². The zero-order valence-electron chi connectivity index (χ0n) is 11.4. The number of carbonyl (C=O) groups is 4. The average molecular weight is 282 g/mol. The molecular formula is C17H14O4. The fourth-order valence-corrected chi connectivity index (χ4v) is 1.71. The molecule has 106 valence electrons. The fourth-order valence-electron chi connectivity index (χ4n) is 1.71. The molecule has 21 heavy (non-hydrogen) atoms. The third kappa shape index (κ3) is 4.04. The first-order valence-corrected chi connectivity index (χ1v) is 6.10. The third-order valence-electron chi connectivity index (χ3n) is 2.76. The lowest BCUT2D eigenvalue weighted by Crippen LogP contribution is -2.11. The Morgan fingerprint density at radius 1 is 0.810 bits per heavy atom. The van der Waals surface area contributed by atoms with E-state index >= 15 is 0 Å². The molecule has 0 aromatic rings. The molecule has 0 saturated heterocycles. The summed E-state index contributed by atoms with van der Waals surface area (Å²) in [5.74, 6) is -1.80. The highest BCUT2D eigenvalue weighted by Gasteiger charge is 2.18. The molecule has 1 rings (SSSR count). The SMILES string of the molecule is C=CC(=O)C1=C/C(C(=O)C=C)=C\C(C(=O)C=C)=C/C(=O)C1. The first kappa shape index (κ1) is 16.2. The highest BCUT2D eigenvalue weighted by atomic mass is 16.1. The second kappa shape index (κ2) is 7.05. The quantitative estimate of drug-likeness (QED) is 0.699. The molecule has 0 amide bonds. The number of hydrogen-bond acceptors (Lipinski definition) is 4. The summed E-state index contributed by atoms with van der Waals surface area (Å²) in [4.78, 5) is 47.0. The van der Waals surface area contributed by atoms with E-state index in [-0.39, 0.29) is 23.1 Å². The molecule has 0 heterocycles. The van der Waals surface area contributed by atoms with Gasteiger partial charge in [-0.05, 0) is 36.5 Å². The Balaban J connectivity index is 3.49. The van der Waals surface area contributed by atoms with Gasteiger partial charge in [0, 0.05) is 23.1 Å². The molecule has 0 aliphatic heterocycles. The van der Waals surface area contributed by atoms with Crippen LogP contribution in [-0.4, -0.2) is 23.1 Å². The minimum Gasteiger partial charge on any atom is -0.294 e. The highest BCUT2D eigenvalue weighted by molar-refractivity contribution is 6.17. The number of rotatable bonds is 6. The average Bonchev–Trinajstić information content (AvgIpc) is 2.47. The van der Waals surface area contributed by atoms with E-state index in [0.29, 0.717) is 0 Å². The van der Waals surface area contributed by atoms with Crippen molar-refractivity contribution in [3.8, 4) is 0 Å². The maximum absolute atomic E-state index is 11.8. The van der Waals surface area contributed by atoms with E-state index in [4.69, 9.17) is 0 Å². The van der Waals surface area contributed by atoms with Crippen molar-refractivity contribution in [2.75, 3.05) is 0 Å². The van der Waals surface area contributed by atoms with Crippen LogP contribution in [0.3, 0.4) is 0 Å². The Morgan fingerprint density at radius 2 is 1.29 bits per heavy atom. The highest BCUT2D eigenvalue weighted by Crippen LogP contribution is 2.18. The van der Waals surface area contributed by atoms with Crippen molar-refractivity contribution in [2.45, 2.75) is 6.42 Å². The van der Waals surface area contributed by atoms with Crippen LogP contribution in [0.15, 0.2) is 72.9 Å². The molecule has 0 N–H and O–H groups in total. The zero-order valence-corrected chi connectivity index (χ0v) is 11.4. The lowest BCUT2D eigenvalue weighted by Gasteiger charge is -2.08. The Labute approximate surface area is 122 Å². The van der Waals surface area contributed by atoms with Gasteiger partial charge in [-0.3, -0.25) is 19.2 Å². The van der Waals surface area contributed by atoms with E-state index in [2.05, 4.69) is 19.7 Å². The molecule has 0 aromatic heterocycles. The smallest absolute Gasteiger partial charge is 0.185 e. The van der Waals surface area contributed by atoms with Gasteiger partial charge in [0.15, 0.2) is 23.1 Å². The fraction of sp³-hybridized carbons (Fsp3) is 0.0588. The van der Waals surface area contributed by atoms with E-state index in [9.17, 15) is 19.2 Å². The van der Waals surface area contributed by atoms with E-state index < -0.39 is 23.1 Å². The van der Waals surface area contributed by atoms with Crippen molar-refractivity contribution in [1.29, 1.82) is 0 Å². The minimum absolute atomic E-state index is 0.0431. The van der Waals surface area contributed by atoms with Crippen LogP contribution in [0.4, 0.5) is 0 Å². The van der Waals surface area contributed by atoms with Crippen LogP contribution in [-0.2, 0) is 19.2 Å². The summed E-state index contributed by atoms with van der Waals surface area (Å²) in [6, 6.07) is 0. The van der Waals surface area contributed by atoms with Crippen molar-refractivity contribution in [2.24, 2.45) is 0 Å². The predicted octanol–water partition coefficient (Wildman–Crippen LogP) is 2.00. The van der Waals surface area contributed by atoms with E-state index in [1.165, 1.54) is 12.2 Å². The molecule has 4 heteroatoms. The summed E-state index contributed by atoms with van der Waals surface area (Å²) in [7, 11) is 0. The summed E-state index contributed by atoms with van der Waals surface area (Å²) < 4.78 is 0. The first-order chi connectivity index (χ1) is 9.92. The lowest BCUT2D eigenvalue weighted by molar-refractivity contribution is -0.117. The topological polar surface area (TPSA) is 68.3 Å².